The highest BCUT2D eigenvalue weighted by molar-refractivity contribution is 5.78. The number of hydrogen-bond donors (Lipinski definition) is 1. The molecular weight excluding hydrogens is 336 g/mol. The minimum Gasteiger partial charge on any atom is -0.509 e. The Morgan fingerprint density at radius 3 is 2.85 bits per heavy atom. The number of rotatable bonds is 6. The van der Waals surface area contributed by atoms with Crippen molar-refractivity contribution in [2.75, 3.05) is 7.11 Å². The van der Waals surface area contributed by atoms with Crippen LogP contribution in [0.5, 0.6) is 11.5 Å². The van der Waals surface area contributed by atoms with E-state index in [1.165, 1.54) is 41.5 Å². The zero-order chi connectivity index (χ0) is 18.6. The quantitative estimate of drug-likeness (QED) is 0.688. The summed E-state index contributed by atoms with van der Waals surface area (Å²) < 4.78 is 12.1. The normalized spacial score (nSPS) is 27.8. The summed E-state index contributed by atoms with van der Waals surface area (Å²) in [7, 11) is 1.69. The van der Waals surface area contributed by atoms with Crippen molar-refractivity contribution in [3.63, 3.8) is 0 Å². The number of aliphatic hydroxyl groups excluding tert-OH is 1. The van der Waals surface area contributed by atoms with E-state index in [2.05, 4.69) is 25.1 Å². The predicted molar refractivity (Wildman–Crippen MR) is 107 cm³/mol. The van der Waals surface area contributed by atoms with Gasteiger partial charge in [-0.2, -0.15) is 0 Å². The van der Waals surface area contributed by atoms with Crippen LogP contribution in [-0.2, 0) is 5.41 Å². The second-order valence-electron chi connectivity index (χ2n) is 8.41. The van der Waals surface area contributed by atoms with Crippen LogP contribution in [0, 0.1) is 5.92 Å². The number of ether oxygens (including phenoxy) is 2. The third-order valence-corrected chi connectivity index (χ3v) is 6.74. The molecule has 5 rings (SSSR count). The summed E-state index contributed by atoms with van der Waals surface area (Å²) in [5.74, 6) is 2.86. The van der Waals surface area contributed by atoms with Crippen molar-refractivity contribution in [2.45, 2.75) is 63.4 Å². The number of hydrogen-bond acceptors (Lipinski definition) is 3. The molecule has 1 aromatic carbocycles. The van der Waals surface area contributed by atoms with Crippen LogP contribution in [0.3, 0.4) is 0 Å². The Kier molecular flexibility index (Phi) is 3.89. The van der Waals surface area contributed by atoms with Gasteiger partial charge in [0.05, 0.1) is 12.5 Å². The van der Waals surface area contributed by atoms with Gasteiger partial charge in [-0.15, -0.1) is 0 Å². The molecular formula is C24H28O3. The van der Waals surface area contributed by atoms with Gasteiger partial charge in [0, 0.05) is 5.56 Å². The summed E-state index contributed by atoms with van der Waals surface area (Å²) in [5, 5.41) is 10.9. The summed E-state index contributed by atoms with van der Waals surface area (Å²) in [6.45, 7) is 2.22. The van der Waals surface area contributed by atoms with Crippen LogP contribution in [0.15, 0.2) is 41.2 Å². The first-order chi connectivity index (χ1) is 13.2. The highest BCUT2D eigenvalue weighted by Gasteiger charge is 2.57. The third-order valence-electron chi connectivity index (χ3n) is 6.74. The van der Waals surface area contributed by atoms with Crippen LogP contribution >= 0.6 is 0 Å². The lowest BCUT2D eigenvalue weighted by atomic mass is 9.61. The van der Waals surface area contributed by atoms with E-state index in [0.717, 1.165) is 43.1 Å². The van der Waals surface area contributed by atoms with Crippen LogP contribution < -0.4 is 9.47 Å². The van der Waals surface area contributed by atoms with Crippen LogP contribution in [0.25, 0.3) is 6.08 Å². The van der Waals surface area contributed by atoms with Crippen LogP contribution in [0.1, 0.15) is 63.0 Å². The lowest BCUT2D eigenvalue weighted by molar-refractivity contribution is 0.138. The molecule has 0 spiro atoms. The monoisotopic (exact) mass is 364 g/mol. The summed E-state index contributed by atoms with van der Waals surface area (Å²) >= 11 is 0. The van der Waals surface area contributed by atoms with Gasteiger partial charge < -0.3 is 14.6 Å². The maximum Gasteiger partial charge on any atom is 0.169 e. The molecule has 0 radical (unpaired) electrons. The molecule has 1 N–H and O–H groups in total. The van der Waals surface area contributed by atoms with Crippen molar-refractivity contribution in [1.29, 1.82) is 0 Å². The Hall–Kier alpha value is -2.16. The minimum atomic E-state index is -0.346. The number of methoxy groups -OCH3 is 1. The molecule has 4 aliphatic rings. The molecule has 1 aliphatic heterocycles. The lowest BCUT2D eigenvalue weighted by Gasteiger charge is -2.40. The summed E-state index contributed by atoms with van der Waals surface area (Å²) in [4.78, 5) is 0. The van der Waals surface area contributed by atoms with Crippen molar-refractivity contribution >= 4 is 6.08 Å². The van der Waals surface area contributed by atoms with E-state index in [1.54, 1.807) is 7.11 Å². The molecule has 2 atom stereocenters. The summed E-state index contributed by atoms with van der Waals surface area (Å²) in [5.41, 5.74) is 4.99. The van der Waals surface area contributed by atoms with Gasteiger partial charge in [0.25, 0.3) is 0 Å². The van der Waals surface area contributed by atoms with Gasteiger partial charge >= 0.3 is 0 Å². The second-order valence-corrected chi connectivity index (χ2v) is 8.41. The van der Waals surface area contributed by atoms with Crippen molar-refractivity contribution in [1.82, 2.24) is 0 Å². The Morgan fingerprint density at radius 1 is 1.26 bits per heavy atom. The van der Waals surface area contributed by atoms with Gasteiger partial charge in [0.1, 0.15) is 5.76 Å². The average Bonchev–Trinajstić information content (AvgIpc) is 3.45. The highest BCUT2D eigenvalue weighted by Crippen LogP contribution is 2.61. The molecule has 1 aromatic rings. The predicted octanol–water partition coefficient (Wildman–Crippen LogP) is 5.85. The Morgan fingerprint density at radius 2 is 2.11 bits per heavy atom. The fourth-order valence-electron chi connectivity index (χ4n) is 5.40. The average molecular weight is 364 g/mol. The van der Waals surface area contributed by atoms with Crippen molar-refractivity contribution in [3.05, 3.63) is 52.3 Å². The van der Waals surface area contributed by atoms with E-state index in [9.17, 15) is 5.11 Å². The molecule has 3 heteroatoms. The number of allylic oxidation sites excluding steroid dienone is 3. The third kappa shape index (κ3) is 2.40. The molecule has 142 valence electrons. The number of benzene rings is 1. The molecule has 1 heterocycles. The molecule has 27 heavy (non-hydrogen) atoms. The zero-order valence-electron chi connectivity index (χ0n) is 16.3. The maximum absolute atomic E-state index is 10.9. The molecule has 0 bridgehead atoms. The van der Waals surface area contributed by atoms with Gasteiger partial charge in [-0.05, 0) is 60.5 Å². The van der Waals surface area contributed by atoms with E-state index in [4.69, 9.17) is 9.47 Å². The largest absolute Gasteiger partial charge is 0.509 e. The topological polar surface area (TPSA) is 38.7 Å². The molecule has 3 aliphatic carbocycles. The van der Waals surface area contributed by atoms with E-state index in [0.29, 0.717) is 5.76 Å². The van der Waals surface area contributed by atoms with Gasteiger partial charge in [0.15, 0.2) is 17.6 Å². The van der Waals surface area contributed by atoms with Gasteiger partial charge in [-0.1, -0.05) is 44.4 Å². The molecule has 1 unspecified atom stereocenters. The van der Waals surface area contributed by atoms with Crippen molar-refractivity contribution in [2.24, 2.45) is 5.92 Å². The van der Waals surface area contributed by atoms with E-state index >= 15 is 0 Å². The van der Waals surface area contributed by atoms with Crippen molar-refractivity contribution < 1.29 is 14.6 Å². The van der Waals surface area contributed by atoms with E-state index < -0.39 is 0 Å². The Balaban J connectivity index is 1.73. The SMILES string of the molecule is CCCC12C3=CCC=C(O)[C@@H]1Oc1c(OC)ccc(c12)C=C3CCC1CC1. The Labute approximate surface area is 161 Å². The van der Waals surface area contributed by atoms with E-state index in [1.807, 2.05) is 12.1 Å². The highest BCUT2D eigenvalue weighted by atomic mass is 16.5. The van der Waals surface area contributed by atoms with Gasteiger partial charge in [0.2, 0.25) is 0 Å². The molecule has 0 saturated heterocycles. The zero-order valence-corrected chi connectivity index (χ0v) is 16.3. The number of aliphatic hydroxyl groups is 1. The fraction of sp³-hybridized carbons (Fsp3) is 0.500. The Bertz CT molecular complexity index is 872. The smallest absolute Gasteiger partial charge is 0.169 e. The van der Waals surface area contributed by atoms with Crippen molar-refractivity contribution in [3.8, 4) is 11.5 Å². The van der Waals surface area contributed by atoms with Gasteiger partial charge in [-0.25, -0.2) is 0 Å². The van der Waals surface area contributed by atoms with Gasteiger partial charge in [-0.3, -0.25) is 0 Å². The standard InChI is InChI=1S/C24H28O3/c1-3-13-24-18-5-4-6-19(25)23(24)27-22-20(26-2)12-11-17(21(22)24)14-16(18)10-9-15-7-8-15/h5-6,11-12,14-15,23,25H,3-4,7-10,13H2,1-2H3/t23-,24?/m0/s1. The first kappa shape index (κ1) is 17.0. The summed E-state index contributed by atoms with van der Waals surface area (Å²) in [6.07, 6.45) is 14.2. The first-order valence-corrected chi connectivity index (χ1v) is 10.4. The second kappa shape index (κ2) is 6.19. The van der Waals surface area contributed by atoms with Crippen LogP contribution in [0.2, 0.25) is 0 Å². The molecule has 0 aromatic heterocycles. The molecule has 0 amide bonds. The van der Waals surface area contributed by atoms with Crippen LogP contribution in [-0.4, -0.2) is 18.3 Å². The van der Waals surface area contributed by atoms with E-state index in [-0.39, 0.29) is 11.5 Å². The van der Waals surface area contributed by atoms with Crippen LogP contribution in [0.4, 0.5) is 0 Å². The first-order valence-electron chi connectivity index (χ1n) is 10.4. The molecule has 3 nitrogen and oxygen atoms in total. The fourth-order valence-corrected chi connectivity index (χ4v) is 5.40. The summed E-state index contributed by atoms with van der Waals surface area (Å²) in [6, 6.07) is 4.17. The maximum atomic E-state index is 10.9. The molecule has 1 saturated carbocycles. The molecule has 1 fully saturated rings. The minimum absolute atomic E-state index is 0.293. The lowest BCUT2D eigenvalue weighted by Crippen LogP contribution is -2.42.